The molecule has 0 saturated carbocycles. The lowest BCUT2D eigenvalue weighted by Gasteiger charge is -2.18. The van der Waals surface area contributed by atoms with Gasteiger partial charge in [0.25, 0.3) is 0 Å². The topological polar surface area (TPSA) is 75.3 Å². The quantitative estimate of drug-likeness (QED) is 0.714. The largest absolute Gasteiger partial charge is 0.322 e. The van der Waals surface area contributed by atoms with Crippen molar-refractivity contribution in [2.45, 2.75) is 17.4 Å². The number of benzene rings is 2. The predicted molar refractivity (Wildman–Crippen MR) is 98.5 cm³/mol. The number of anilines is 1. The highest BCUT2D eigenvalue weighted by Gasteiger charge is 2.26. The van der Waals surface area contributed by atoms with Crippen molar-refractivity contribution < 1.29 is 22.0 Å². The molecule has 0 aliphatic heterocycles. The van der Waals surface area contributed by atoms with Gasteiger partial charge in [0.2, 0.25) is 15.9 Å². The summed E-state index contributed by atoms with van der Waals surface area (Å²) in [7, 11) is -3.92. The van der Waals surface area contributed by atoms with Crippen LogP contribution < -0.4 is 10.0 Å². The molecule has 9 heteroatoms. The summed E-state index contributed by atoms with van der Waals surface area (Å²) in [6.07, 6.45) is 2.03. The van der Waals surface area contributed by atoms with Crippen molar-refractivity contribution >= 4 is 33.4 Å². The fraction of sp³-hybridized carbons (Fsp3) is 0.235. The molecule has 0 spiro atoms. The zero-order valence-electron chi connectivity index (χ0n) is 13.9. The van der Waals surface area contributed by atoms with Gasteiger partial charge in [-0.1, -0.05) is 18.2 Å². The van der Waals surface area contributed by atoms with E-state index in [4.69, 9.17) is 0 Å². The lowest BCUT2D eigenvalue weighted by molar-refractivity contribution is -0.117. The van der Waals surface area contributed by atoms with Crippen molar-refractivity contribution in [2.75, 3.05) is 17.3 Å². The van der Waals surface area contributed by atoms with Crippen LogP contribution in [0.4, 0.5) is 14.5 Å². The molecule has 26 heavy (non-hydrogen) atoms. The SMILES string of the molecule is CSCCC(NS(=O)(=O)c1ccccc1)C(=O)Nc1ccc(F)cc1F. The Labute approximate surface area is 155 Å². The van der Waals surface area contributed by atoms with Gasteiger partial charge in [0.15, 0.2) is 0 Å². The average Bonchev–Trinajstić information content (AvgIpc) is 2.61. The maximum absolute atomic E-state index is 13.7. The lowest BCUT2D eigenvalue weighted by Crippen LogP contribution is -2.44. The predicted octanol–water partition coefficient (Wildman–Crippen LogP) is 3.00. The molecule has 140 valence electrons. The van der Waals surface area contributed by atoms with E-state index in [2.05, 4.69) is 10.0 Å². The van der Waals surface area contributed by atoms with Crippen LogP contribution in [0, 0.1) is 11.6 Å². The van der Waals surface area contributed by atoms with Gasteiger partial charge in [0.05, 0.1) is 10.6 Å². The Morgan fingerprint density at radius 1 is 1.15 bits per heavy atom. The first-order chi connectivity index (χ1) is 12.3. The molecule has 1 amide bonds. The summed E-state index contributed by atoms with van der Waals surface area (Å²) in [5, 5.41) is 2.30. The molecule has 0 aliphatic rings. The molecule has 5 nitrogen and oxygen atoms in total. The van der Waals surface area contributed by atoms with Crippen molar-refractivity contribution in [3.05, 3.63) is 60.2 Å². The highest BCUT2D eigenvalue weighted by Crippen LogP contribution is 2.17. The fourth-order valence-corrected chi connectivity index (χ4v) is 3.87. The molecular formula is C17H18F2N2O3S2. The van der Waals surface area contributed by atoms with E-state index in [-0.39, 0.29) is 17.0 Å². The van der Waals surface area contributed by atoms with Crippen LogP contribution in [0.5, 0.6) is 0 Å². The first-order valence-corrected chi connectivity index (χ1v) is 10.5. The monoisotopic (exact) mass is 400 g/mol. The van der Waals surface area contributed by atoms with Crippen molar-refractivity contribution in [3.8, 4) is 0 Å². The maximum Gasteiger partial charge on any atom is 0.242 e. The number of carbonyl (C=O) groups excluding carboxylic acids is 1. The molecule has 0 aliphatic carbocycles. The highest BCUT2D eigenvalue weighted by atomic mass is 32.2. The second-order valence-corrected chi connectivity index (χ2v) is 8.08. The minimum atomic E-state index is -3.92. The Kier molecular flexibility index (Phi) is 7.13. The van der Waals surface area contributed by atoms with Crippen LogP contribution in [-0.2, 0) is 14.8 Å². The Bertz CT molecular complexity index is 862. The van der Waals surface area contributed by atoms with Crippen LogP contribution in [0.2, 0.25) is 0 Å². The van der Waals surface area contributed by atoms with Crippen molar-refractivity contribution in [1.29, 1.82) is 0 Å². The molecule has 2 aromatic rings. The van der Waals surface area contributed by atoms with Crippen molar-refractivity contribution in [1.82, 2.24) is 4.72 Å². The van der Waals surface area contributed by atoms with Crippen LogP contribution in [0.3, 0.4) is 0 Å². The summed E-state index contributed by atoms with van der Waals surface area (Å²) in [6.45, 7) is 0. The second kappa shape index (κ2) is 9.11. The van der Waals surface area contributed by atoms with Gasteiger partial charge in [-0.25, -0.2) is 17.2 Å². The number of halogens is 2. The molecule has 0 aromatic heterocycles. The number of carbonyl (C=O) groups is 1. The Morgan fingerprint density at radius 2 is 1.85 bits per heavy atom. The zero-order chi connectivity index (χ0) is 19.2. The lowest BCUT2D eigenvalue weighted by atomic mass is 10.2. The normalized spacial score (nSPS) is 12.6. The van der Waals surface area contributed by atoms with Gasteiger partial charge in [-0.3, -0.25) is 4.79 Å². The third-order valence-electron chi connectivity index (χ3n) is 3.47. The minimum absolute atomic E-state index is 0.0231. The summed E-state index contributed by atoms with van der Waals surface area (Å²) in [4.78, 5) is 12.5. The number of thioether (sulfide) groups is 1. The van der Waals surface area contributed by atoms with Crippen molar-refractivity contribution in [3.63, 3.8) is 0 Å². The molecule has 2 rings (SSSR count). The van der Waals surface area contributed by atoms with Gasteiger partial charge in [-0.15, -0.1) is 0 Å². The molecule has 1 atom stereocenters. The molecule has 1 unspecified atom stereocenters. The molecule has 0 heterocycles. The fourth-order valence-electron chi connectivity index (χ4n) is 2.14. The minimum Gasteiger partial charge on any atom is -0.322 e. The van der Waals surface area contributed by atoms with E-state index in [1.54, 1.807) is 18.2 Å². The third-order valence-corrected chi connectivity index (χ3v) is 5.60. The maximum atomic E-state index is 13.7. The summed E-state index contributed by atoms with van der Waals surface area (Å²) >= 11 is 1.44. The van der Waals surface area contributed by atoms with E-state index in [0.29, 0.717) is 11.8 Å². The zero-order valence-corrected chi connectivity index (χ0v) is 15.5. The third kappa shape index (κ3) is 5.52. The molecule has 2 N–H and O–H groups in total. The first kappa shape index (κ1) is 20.3. The van der Waals surface area contributed by atoms with E-state index >= 15 is 0 Å². The van der Waals surface area contributed by atoms with E-state index in [1.165, 1.54) is 23.9 Å². The van der Waals surface area contributed by atoms with Gasteiger partial charge in [0, 0.05) is 6.07 Å². The van der Waals surface area contributed by atoms with Crippen LogP contribution >= 0.6 is 11.8 Å². The Morgan fingerprint density at radius 3 is 2.46 bits per heavy atom. The summed E-state index contributed by atoms with van der Waals surface area (Å²) in [6, 6.07) is 9.26. The smallest absolute Gasteiger partial charge is 0.242 e. The van der Waals surface area contributed by atoms with E-state index in [0.717, 1.165) is 12.1 Å². The van der Waals surface area contributed by atoms with E-state index < -0.39 is 33.6 Å². The molecule has 0 bridgehead atoms. The number of amides is 1. The number of hydrogen-bond donors (Lipinski definition) is 2. The molecule has 0 saturated heterocycles. The van der Waals surface area contributed by atoms with E-state index in [1.807, 2.05) is 6.26 Å². The summed E-state index contributed by atoms with van der Waals surface area (Å²) in [5.74, 6) is -1.91. The Balaban J connectivity index is 2.19. The summed E-state index contributed by atoms with van der Waals surface area (Å²) in [5.41, 5.74) is -0.218. The molecule has 0 fully saturated rings. The van der Waals surface area contributed by atoms with Crippen molar-refractivity contribution in [2.24, 2.45) is 0 Å². The first-order valence-electron chi connectivity index (χ1n) is 7.65. The number of hydrogen-bond acceptors (Lipinski definition) is 4. The van der Waals surface area contributed by atoms with Gasteiger partial charge in [-0.2, -0.15) is 16.5 Å². The van der Waals surface area contributed by atoms with Crippen LogP contribution in [0.25, 0.3) is 0 Å². The number of sulfonamides is 1. The van der Waals surface area contributed by atoms with Gasteiger partial charge >= 0.3 is 0 Å². The summed E-state index contributed by atoms with van der Waals surface area (Å²) < 4.78 is 54.0. The van der Waals surface area contributed by atoms with Crippen LogP contribution in [0.1, 0.15) is 6.42 Å². The highest BCUT2D eigenvalue weighted by molar-refractivity contribution is 7.98. The standard InChI is InChI=1S/C17H18F2N2O3S2/c1-25-10-9-16(21-26(23,24)13-5-3-2-4-6-13)17(22)20-15-8-7-12(18)11-14(15)19/h2-8,11,16,21H,9-10H2,1H3,(H,20,22). The molecular weight excluding hydrogens is 382 g/mol. The van der Waals surface area contributed by atoms with Gasteiger partial charge in [-0.05, 0) is 42.7 Å². The number of nitrogens with one attached hydrogen (secondary N) is 2. The van der Waals surface area contributed by atoms with Crippen LogP contribution in [-0.4, -0.2) is 32.4 Å². The molecule has 0 radical (unpaired) electrons. The van der Waals surface area contributed by atoms with E-state index in [9.17, 15) is 22.0 Å². The average molecular weight is 400 g/mol. The van der Waals surface area contributed by atoms with Crippen LogP contribution in [0.15, 0.2) is 53.4 Å². The van der Waals surface area contributed by atoms with Gasteiger partial charge in [0.1, 0.15) is 17.7 Å². The Hall–Kier alpha value is -1.97. The number of rotatable bonds is 8. The van der Waals surface area contributed by atoms with Gasteiger partial charge < -0.3 is 5.32 Å². The second-order valence-electron chi connectivity index (χ2n) is 5.38. The molecule has 2 aromatic carbocycles.